The molecular formula is C16H23NO4. The topological polar surface area (TPSA) is 59.0 Å². The predicted molar refractivity (Wildman–Crippen MR) is 79.8 cm³/mol. The number of piperidine rings is 1. The fraction of sp³-hybridized carbons (Fsp3) is 0.562. The van der Waals surface area contributed by atoms with Crippen molar-refractivity contribution in [3.05, 3.63) is 23.8 Å². The van der Waals surface area contributed by atoms with Crippen LogP contribution in [0.3, 0.4) is 0 Å². The van der Waals surface area contributed by atoms with Crippen molar-refractivity contribution in [2.75, 3.05) is 20.8 Å². The molecule has 1 saturated heterocycles. The predicted octanol–water partition coefficient (Wildman–Crippen LogP) is 2.39. The molecule has 1 aromatic rings. The van der Waals surface area contributed by atoms with Gasteiger partial charge in [-0.15, -0.1) is 0 Å². The van der Waals surface area contributed by atoms with E-state index in [4.69, 9.17) is 9.47 Å². The van der Waals surface area contributed by atoms with Gasteiger partial charge in [-0.05, 0) is 44.5 Å². The minimum atomic E-state index is -0.704. The third-order valence-corrected chi connectivity index (χ3v) is 4.30. The monoisotopic (exact) mass is 293 g/mol. The van der Waals surface area contributed by atoms with E-state index < -0.39 is 5.97 Å². The van der Waals surface area contributed by atoms with Crippen LogP contribution in [-0.4, -0.2) is 42.8 Å². The second-order valence-corrected chi connectivity index (χ2v) is 5.48. The molecule has 0 aromatic heterocycles. The van der Waals surface area contributed by atoms with Crippen molar-refractivity contribution in [3.8, 4) is 11.5 Å². The Balaban J connectivity index is 2.18. The zero-order valence-electron chi connectivity index (χ0n) is 12.8. The molecule has 1 aromatic carbocycles. The molecule has 1 N–H and O–H groups in total. The van der Waals surface area contributed by atoms with Crippen LogP contribution in [0.25, 0.3) is 0 Å². The molecule has 1 aliphatic heterocycles. The lowest BCUT2D eigenvalue weighted by molar-refractivity contribution is -0.145. The van der Waals surface area contributed by atoms with Crippen molar-refractivity contribution in [2.45, 2.75) is 32.4 Å². The van der Waals surface area contributed by atoms with Gasteiger partial charge in [0, 0.05) is 18.2 Å². The Morgan fingerprint density at radius 2 is 2.14 bits per heavy atom. The first kappa shape index (κ1) is 15.6. The van der Waals surface area contributed by atoms with Gasteiger partial charge < -0.3 is 14.6 Å². The number of likely N-dealkylation sites (tertiary alicyclic amines) is 1. The average molecular weight is 293 g/mol. The number of benzene rings is 1. The molecule has 2 atom stereocenters. The number of ether oxygens (including phenoxy) is 2. The maximum atomic E-state index is 11.3. The quantitative estimate of drug-likeness (QED) is 0.903. The smallest absolute Gasteiger partial charge is 0.308 e. The second-order valence-electron chi connectivity index (χ2n) is 5.48. The largest absolute Gasteiger partial charge is 0.497 e. The second kappa shape index (κ2) is 6.80. The van der Waals surface area contributed by atoms with Crippen molar-refractivity contribution >= 4 is 5.97 Å². The molecule has 0 radical (unpaired) electrons. The van der Waals surface area contributed by atoms with Crippen LogP contribution in [0.2, 0.25) is 0 Å². The number of carboxylic acids is 1. The van der Waals surface area contributed by atoms with Crippen LogP contribution in [0.4, 0.5) is 0 Å². The fourth-order valence-electron chi connectivity index (χ4n) is 2.99. The van der Waals surface area contributed by atoms with E-state index >= 15 is 0 Å². The lowest BCUT2D eigenvalue weighted by atomic mass is 9.90. The highest BCUT2D eigenvalue weighted by atomic mass is 16.5. The van der Waals surface area contributed by atoms with Gasteiger partial charge in [-0.2, -0.15) is 0 Å². The van der Waals surface area contributed by atoms with Crippen LogP contribution in [0.15, 0.2) is 18.2 Å². The Labute approximate surface area is 125 Å². The van der Waals surface area contributed by atoms with Gasteiger partial charge in [0.15, 0.2) is 0 Å². The average Bonchev–Trinajstić information content (AvgIpc) is 2.49. The van der Waals surface area contributed by atoms with E-state index in [9.17, 15) is 9.90 Å². The minimum absolute atomic E-state index is 0.0205. The first-order valence-electron chi connectivity index (χ1n) is 7.24. The number of aliphatic carboxylic acids is 1. The summed E-state index contributed by atoms with van der Waals surface area (Å²) in [6.07, 6.45) is 1.66. The van der Waals surface area contributed by atoms with Gasteiger partial charge in [0.1, 0.15) is 11.5 Å². The number of carboxylic acid groups (broad SMARTS) is 1. The van der Waals surface area contributed by atoms with E-state index in [-0.39, 0.29) is 12.0 Å². The van der Waals surface area contributed by atoms with Crippen LogP contribution < -0.4 is 9.47 Å². The molecular weight excluding hydrogens is 270 g/mol. The third-order valence-electron chi connectivity index (χ3n) is 4.30. The van der Waals surface area contributed by atoms with Crippen LogP contribution >= 0.6 is 0 Å². The molecule has 0 bridgehead atoms. The zero-order valence-corrected chi connectivity index (χ0v) is 12.8. The Bertz CT molecular complexity index is 503. The van der Waals surface area contributed by atoms with Crippen molar-refractivity contribution < 1.29 is 19.4 Å². The number of nitrogens with zero attached hydrogens (tertiary/aromatic N) is 1. The van der Waals surface area contributed by atoms with Gasteiger partial charge >= 0.3 is 5.97 Å². The van der Waals surface area contributed by atoms with Gasteiger partial charge in [0.2, 0.25) is 0 Å². The first-order chi connectivity index (χ1) is 10.1. The number of hydrogen-bond donors (Lipinski definition) is 1. The maximum Gasteiger partial charge on any atom is 0.308 e. The molecule has 2 rings (SSSR count). The molecule has 0 amide bonds. The molecule has 0 aliphatic carbocycles. The summed E-state index contributed by atoms with van der Waals surface area (Å²) in [6.45, 7) is 3.57. The van der Waals surface area contributed by atoms with E-state index in [1.165, 1.54) is 0 Å². The number of hydrogen-bond acceptors (Lipinski definition) is 4. The zero-order chi connectivity index (χ0) is 15.4. The van der Waals surface area contributed by atoms with Crippen LogP contribution in [0, 0.1) is 5.92 Å². The van der Waals surface area contributed by atoms with Gasteiger partial charge in [-0.25, -0.2) is 0 Å². The normalized spacial score (nSPS) is 22.8. The molecule has 1 heterocycles. The van der Waals surface area contributed by atoms with Crippen molar-refractivity contribution in [3.63, 3.8) is 0 Å². The lowest BCUT2D eigenvalue weighted by Gasteiger charge is -2.37. The molecule has 5 nitrogen and oxygen atoms in total. The summed E-state index contributed by atoms with van der Waals surface area (Å²) in [4.78, 5) is 13.5. The summed E-state index contributed by atoms with van der Waals surface area (Å²) in [5, 5.41) is 9.30. The SMILES string of the molecule is COc1ccc(OC)c(CN2CCC[C@H](C(=O)O)[C@@H]2C)c1. The third kappa shape index (κ3) is 3.47. The molecule has 21 heavy (non-hydrogen) atoms. The van der Waals surface area contributed by atoms with Crippen LogP contribution in [-0.2, 0) is 11.3 Å². The van der Waals surface area contributed by atoms with Gasteiger partial charge in [-0.3, -0.25) is 9.69 Å². The van der Waals surface area contributed by atoms with E-state index in [0.29, 0.717) is 6.54 Å². The molecule has 0 spiro atoms. The Hall–Kier alpha value is -1.75. The highest BCUT2D eigenvalue weighted by Gasteiger charge is 2.33. The highest BCUT2D eigenvalue weighted by Crippen LogP contribution is 2.30. The highest BCUT2D eigenvalue weighted by molar-refractivity contribution is 5.71. The molecule has 116 valence electrons. The summed E-state index contributed by atoms with van der Waals surface area (Å²) < 4.78 is 10.7. The standard InChI is InChI=1S/C16H23NO4/c1-11-14(16(18)19)5-4-8-17(11)10-12-9-13(20-2)6-7-15(12)21-3/h6-7,9,11,14H,4-5,8,10H2,1-3H3,(H,18,19)/t11-,14-/m0/s1. The molecule has 1 fully saturated rings. The van der Waals surface area contributed by atoms with Crippen molar-refractivity contribution in [2.24, 2.45) is 5.92 Å². The summed E-state index contributed by atoms with van der Waals surface area (Å²) >= 11 is 0. The summed E-state index contributed by atoms with van der Waals surface area (Å²) in [5.41, 5.74) is 1.02. The fourth-order valence-corrected chi connectivity index (χ4v) is 2.99. The van der Waals surface area contributed by atoms with E-state index in [1.807, 2.05) is 25.1 Å². The number of rotatable bonds is 5. The number of carbonyl (C=O) groups is 1. The van der Waals surface area contributed by atoms with E-state index in [0.717, 1.165) is 36.4 Å². The van der Waals surface area contributed by atoms with Crippen molar-refractivity contribution in [1.29, 1.82) is 0 Å². The molecule has 0 saturated carbocycles. The molecule has 0 unspecified atom stereocenters. The lowest BCUT2D eigenvalue weighted by Crippen LogP contribution is -2.45. The Morgan fingerprint density at radius 1 is 1.38 bits per heavy atom. The van der Waals surface area contributed by atoms with Crippen LogP contribution in [0.5, 0.6) is 11.5 Å². The van der Waals surface area contributed by atoms with Gasteiger partial charge in [-0.1, -0.05) is 0 Å². The minimum Gasteiger partial charge on any atom is -0.497 e. The summed E-state index contributed by atoms with van der Waals surface area (Å²) in [7, 11) is 3.28. The van der Waals surface area contributed by atoms with E-state index in [1.54, 1.807) is 14.2 Å². The van der Waals surface area contributed by atoms with E-state index in [2.05, 4.69) is 4.90 Å². The maximum absolute atomic E-state index is 11.3. The number of methoxy groups -OCH3 is 2. The van der Waals surface area contributed by atoms with Crippen molar-refractivity contribution in [1.82, 2.24) is 4.90 Å². The van der Waals surface area contributed by atoms with Gasteiger partial charge in [0.05, 0.1) is 20.1 Å². The molecule has 5 heteroatoms. The van der Waals surface area contributed by atoms with Gasteiger partial charge in [0.25, 0.3) is 0 Å². The molecule has 1 aliphatic rings. The van der Waals surface area contributed by atoms with Crippen LogP contribution in [0.1, 0.15) is 25.3 Å². The Kier molecular flexibility index (Phi) is 5.07. The summed E-state index contributed by atoms with van der Waals surface area (Å²) in [6, 6.07) is 5.72. The summed E-state index contributed by atoms with van der Waals surface area (Å²) in [5.74, 6) is 0.589. The Morgan fingerprint density at radius 3 is 2.76 bits per heavy atom. The first-order valence-corrected chi connectivity index (χ1v) is 7.24.